The van der Waals surface area contributed by atoms with E-state index >= 15 is 0 Å². The Bertz CT molecular complexity index is 508. The van der Waals surface area contributed by atoms with Gasteiger partial charge in [0, 0.05) is 17.2 Å². The summed E-state index contributed by atoms with van der Waals surface area (Å²) in [5.41, 5.74) is -0.662. The molecule has 0 radical (unpaired) electrons. The molecule has 17 heavy (non-hydrogen) atoms. The van der Waals surface area contributed by atoms with Crippen molar-refractivity contribution in [1.82, 2.24) is 0 Å². The molecule has 1 heterocycles. The van der Waals surface area contributed by atoms with Crippen LogP contribution in [0.15, 0.2) is 33.5 Å². The molecule has 0 N–H and O–H groups in total. The Morgan fingerprint density at radius 3 is 2.18 bits per heavy atom. The molecule has 0 fully saturated rings. The van der Waals surface area contributed by atoms with Crippen LogP contribution in [0.5, 0.6) is 0 Å². The maximum Gasteiger partial charge on any atom is 1.00 e. The molecule has 2 rings (SSSR count). The fourth-order valence-corrected chi connectivity index (χ4v) is 3.65. The Morgan fingerprint density at radius 1 is 1.18 bits per heavy atom. The van der Waals surface area contributed by atoms with Gasteiger partial charge in [-0.15, -0.1) is 5.46 Å². The number of benzene rings is 1. The molecule has 0 amide bonds. The van der Waals surface area contributed by atoms with Crippen molar-refractivity contribution >= 4 is 22.2 Å². The minimum absolute atomic E-state index is 0. The SMILES string of the molecule is O=S1(c2ccc([B-](F)(F)F)cc2)=NCCC1.[K+]. The van der Waals surface area contributed by atoms with Crippen molar-refractivity contribution in [3.05, 3.63) is 24.3 Å². The molecule has 1 aliphatic heterocycles. The minimum Gasteiger partial charge on any atom is -0.445 e. The molecule has 1 aromatic carbocycles. The van der Waals surface area contributed by atoms with E-state index in [1.807, 2.05) is 0 Å². The van der Waals surface area contributed by atoms with E-state index in [1.54, 1.807) is 0 Å². The number of rotatable bonds is 2. The second-order valence-corrected chi connectivity index (χ2v) is 6.11. The first-order chi connectivity index (χ1) is 7.42. The third-order valence-corrected chi connectivity index (χ3v) is 4.96. The van der Waals surface area contributed by atoms with Gasteiger partial charge in [-0.05, 0) is 18.6 Å². The topological polar surface area (TPSA) is 29.4 Å². The number of hydrogen-bond donors (Lipinski definition) is 0. The molecule has 8 heteroatoms. The van der Waals surface area contributed by atoms with Gasteiger partial charge in [0.1, 0.15) is 0 Å². The van der Waals surface area contributed by atoms with E-state index in [0.717, 1.165) is 18.6 Å². The number of halogens is 3. The summed E-state index contributed by atoms with van der Waals surface area (Å²) in [7, 11) is -2.43. The third kappa shape index (κ3) is 3.57. The summed E-state index contributed by atoms with van der Waals surface area (Å²) in [4.78, 5) is 0.411. The van der Waals surface area contributed by atoms with Gasteiger partial charge in [0.05, 0.1) is 9.73 Å². The molecule has 88 valence electrons. The molecule has 1 aliphatic rings. The van der Waals surface area contributed by atoms with E-state index in [9.17, 15) is 17.2 Å². The molecule has 1 unspecified atom stereocenters. The first kappa shape index (κ1) is 15.7. The van der Waals surface area contributed by atoms with Gasteiger partial charge in [-0.3, -0.25) is 0 Å². The molecule has 0 spiro atoms. The summed E-state index contributed by atoms with van der Waals surface area (Å²) in [6, 6.07) is 4.52. The standard InChI is InChI=1S/C9H10BF3NOS.K/c11-10(12,13)8-2-4-9(5-3-8)16(15)7-1-6-14-16;/h2-5H,1,6-7H2;/q-1;+1. The van der Waals surface area contributed by atoms with Crippen molar-refractivity contribution < 1.29 is 68.5 Å². The second kappa shape index (κ2) is 5.75. The first-order valence-corrected chi connectivity index (χ1v) is 6.61. The van der Waals surface area contributed by atoms with E-state index in [4.69, 9.17) is 0 Å². The number of hydrogen-bond acceptors (Lipinski definition) is 2. The quantitative estimate of drug-likeness (QED) is 0.640. The Balaban J connectivity index is 0.00000144. The van der Waals surface area contributed by atoms with E-state index in [2.05, 4.69) is 4.36 Å². The van der Waals surface area contributed by atoms with Gasteiger partial charge in [0.25, 0.3) is 0 Å². The number of nitrogens with zero attached hydrogens (tertiary/aromatic N) is 1. The Morgan fingerprint density at radius 2 is 1.76 bits per heavy atom. The van der Waals surface area contributed by atoms with Gasteiger partial charge in [-0.25, -0.2) is 8.57 Å². The molecular formula is C9H10BF3KNOS. The van der Waals surface area contributed by atoms with Gasteiger partial charge in [0.15, 0.2) is 0 Å². The molecule has 1 atom stereocenters. The Kier molecular flexibility index (Phi) is 5.32. The van der Waals surface area contributed by atoms with Crippen molar-refractivity contribution in [2.24, 2.45) is 4.36 Å². The zero-order chi connectivity index (χ0) is 11.8. The predicted octanol–water partition coefficient (Wildman–Crippen LogP) is -1.02. The third-order valence-electron chi connectivity index (χ3n) is 2.51. The van der Waals surface area contributed by atoms with Crippen LogP contribution in [0.1, 0.15) is 6.42 Å². The van der Waals surface area contributed by atoms with Crippen LogP contribution in [-0.4, -0.2) is 23.5 Å². The second-order valence-electron chi connectivity index (χ2n) is 3.69. The first-order valence-electron chi connectivity index (χ1n) is 4.92. The monoisotopic (exact) mass is 287 g/mol. The van der Waals surface area contributed by atoms with Crippen LogP contribution < -0.4 is 56.8 Å². The van der Waals surface area contributed by atoms with Crippen molar-refractivity contribution in [2.75, 3.05) is 12.3 Å². The van der Waals surface area contributed by atoms with E-state index in [-0.39, 0.29) is 51.4 Å². The fraction of sp³-hybridized carbons (Fsp3) is 0.333. The average molecular weight is 287 g/mol. The van der Waals surface area contributed by atoms with Crippen LogP contribution in [0, 0.1) is 0 Å². The van der Waals surface area contributed by atoms with Crippen molar-refractivity contribution in [2.45, 2.75) is 11.3 Å². The smallest absolute Gasteiger partial charge is 0.445 e. The van der Waals surface area contributed by atoms with Gasteiger partial charge >= 0.3 is 58.4 Å². The molecule has 0 saturated heterocycles. The van der Waals surface area contributed by atoms with E-state index < -0.39 is 22.2 Å². The maximum absolute atomic E-state index is 12.4. The van der Waals surface area contributed by atoms with Crippen LogP contribution in [0.25, 0.3) is 0 Å². The molecule has 1 aromatic rings. The predicted molar refractivity (Wildman–Crippen MR) is 58.3 cm³/mol. The molecule has 0 saturated carbocycles. The molecular weight excluding hydrogens is 277 g/mol. The summed E-state index contributed by atoms with van der Waals surface area (Å²) < 4.78 is 53.2. The zero-order valence-corrected chi connectivity index (χ0v) is 13.3. The summed E-state index contributed by atoms with van der Waals surface area (Å²) >= 11 is 0. The summed E-state index contributed by atoms with van der Waals surface area (Å²) in [6.07, 6.45) is 0.740. The van der Waals surface area contributed by atoms with Crippen molar-refractivity contribution in [1.29, 1.82) is 0 Å². The minimum atomic E-state index is -4.98. The van der Waals surface area contributed by atoms with Gasteiger partial charge < -0.3 is 12.9 Å². The Labute approximate surface area is 141 Å². The summed E-state index contributed by atoms with van der Waals surface area (Å²) in [6.45, 7) is -4.45. The fourth-order valence-electron chi connectivity index (χ4n) is 1.63. The Hall–Kier alpha value is 0.661. The normalized spacial score (nSPS) is 23.9. The van der Waals surface area contributed by atoms with Crippen LogP contribution >= 0.6 is 0 Å². The maximum atomic E-state index is 12.4. The molecule has 0 aliphatic carbocycles. The van der Waals surface area contributed by atoms with E-state index in [1.165, 1.54) is 12.1 Å². The zero-order valence-electron chi connectivity index (χ0n) is 9.41. The van der Waals surface area contributed by atoms with Crippen molar-refractivity contribution in [3.8, 4) is 0 Å². The van der Waals surface area contributed by atoms with Crippen LogP contribution in [-0.2, 0) is 9.73 Å². The van der Waals surface area contributed by atoms with Gasteiger partial charge in [-0.1, -0.05) is 12.1 Å². The molecule has 0 bridgehead atoms. The van der Waals surface area contributed by atoms with Crippen LogP contribution in [0.4, 0.5) is 12.9 Å². The van der Waals surface area contributed by atoms with Gasteiger partial charge in [-0.2, -0.15) is 0 Å². The van der Waals surface area contributed by atoms with Crippen LogP contribution in [0.2, 0.25) is 0 Å². The largest absolute Gasteiger partial charge is 1.00 e. The average Bonchev–Trinajstić information content (AvgIpc) is 2.66. The molecule has 0 aromatic heterocycles. The van der Waals surface area contributed by atoms with Crippen molar-refractivity contribution in [3.63, 3.8) is 0 Å². The van der Waals surface area contributed by atoms with Gasteiger partial charge in [0.2, 0.25) is 0 Å². The molecule has 2 nitrogen and oxygen atoms in total. The van der Waals surface area contributed by atoms with Crippen LogP contribution in [0.3, 0.4) is 0 Å². The summed E-state index contributed by atoms with van der Waals surface area (Å²) in [5.74, 6) is 0.448. The summed E-state index contributed by atoms with van der Waals surface area (Å²) in [5, 5.41) is 0. The van der Waals surface area contributed by atoms with E-state index in [0.29, 0.717) is 17.2 Å².